The summed E-state index contributed by atoms with van der Waals surface area (Å²) in [4.78, 5) is 14.1. The first-order chi connectivity index (χ1) is 11.1. The van der Waals surface area contributed by atoms with Gasteiger partial charge in [-0.25, -0.2) is 8.78 Å². The molecule has 0 spiro atoms. The molecule has 126 valence electrons. The Morgan fingerprint density at radius 2 is 2.04 bits per heavy atom. The summed E-state index contributed by atoms with van der Waals surface area (Å²) in [6.45, 7) is 2.25. The molecule has 2 fully saturated rings. The van der Waals surface area contributed by atoms with Crippen molar-refractivity contribution >= 4 is 5.91 Å². The molecular formula is C17H22F2N2O2. The molecule has 1 N–H and O–H groups in total. The number of piperidine rings is 1. The Morgan fingerprint density at radius 3 is 2.74 bits per heavy atom. The van der Waals surface area contributed by atoms with Crippen LogP contribution in [-0.2, 0) is 16.1 Å². The Bertz CT molecular complexity index is 541. The molecule has 2 atom stereocenters. The van der Waals surface area contributed by atoms with Crippen LogP contribution in [0.5, 0.6) is 0 Å². The van der Waals surface area contributed by atoms with E-state index in [1.165, 1.54) is 18.2 Å². The molecule has 4 nitrogen and oxygen atoms in total. The Morgan fingerprint density at radius 1 is 1.26 bits per heavy atom. The number of halogens is 2. The van der Waals surface area contributed by atoms with Gasteiger partial charge in [-0.1, -0.05) is 6.07 Å². The Labute approximate surface area is 134 Å². The number of carbonyl (C=O) groups excluding carboxylic acids is 1. The molecule has 0 saturated carbocycles. The van der Waals surface area contributed by atoms with Crippen LogP contribution in [0.25, 0.3) is 0 Å². The molecule has 0 aromatic heterocycles. The topological polar surface area (TPSA) is 41.6 Å². The fourth-order valence-corrected chi connectivity index (χ4v) is 3.30. The van der Waals surface area contributed by atoms with Gasteiger partial charge in [-0.15, -0.1) is 0 Å². The van der Waals surface area contributed by atoms with E-state index in [0.29, 0.717) is 13.2 Å². The van der Waals surface area contributed by atoms with Crippen molar-refractivity contribution in [1.29, 1.82) is 0 Å². The van der Waals surface area contributed by atoms with Gasteiger partial charge < -0.3 is 10.1 Å². The van der Waals surface area contributed by atoms with Gasteiger partial charge in [0, 0.05) is 31.3 Å². The lowest BCUT2D eigenvalue weighted by Gasteiger charge is -2.33. The van der Waals surface area contributed by atoms with Crippen LogP contribution < -0.4 is 5.32 Å². The first-order valence-corrected chi connectivity index (χ1v) is 8.20. The predicted octanol–water partition coefficient (Wildman–Crippen LogP) is 2.22. The maximum Gasteiger partial charge on any atom is 0.249 e. The lowest BCUT2D eigenvalue weighted by molar-refractivity contribution is -0.131. The van der Waals surface area contributed by atoms with Crippen LogP contribution in [0, 0.1) is 11.6 Å². The Hall–Kier alpha value is -1.53. The van der Waals surface area contributed by atoms with Crippen LogP contribution in [-0.4, -0.2) is 42.6 Å². The van der Waals surface area contributed by atoms with E-state index in [0.717, 1.165) is 32.2 Å². The van der Waals surface area contributed by atoms with Gasteiger partial charge in [0.1, 0.15) is 17.7 Å². The third-order valence-corrected chi connectivity index (χ3v) is 4.52. The molecule has 0 bridgehead atoms. The van der Waals surface area contributed by atoms with Crippen molar-refractivity contribution in [2.24, 2.45) is 0 Å². The van der Waals surface area contributed by atoms with Gasteiger partial charge in [0.2, 0.25) is 5.91 Å². The zero-order valence-electron chi connectivity index (χ0n) is 13.1. The highest BCUT2D eigenvalue weighted by molar-refractivity contribution is 5.81. The smallest absolute Gasteiger partial charge is 0.249 e. The van der Waals surface area contributed by atoms with Crippen molar-refractivity contribution in [2.75, 3.05) is 19.7 Å². The van der Waals surface area contributed by atoms with Crippen molar-refractivity contribution in [2.45, 2.75) is 44.4 Å². The van der Waals surface area contributed by atoms with E-state index in [-0.39, 0.29) is 30.2 Å². The van der Waals surface area contributed by atoms with Gasteiger partial charge in [0.05, 0.1) is 0 Å². The molecule has 2 unspecified atom stereocenters. The van der Waals surface area contributed by atoms with Crippen LogP contribution in [0.1, 0.15) is 31.2 Å². The number of hydrogen-bond acceptors (Lipinski definition) is 3. The first-order valence-electron chi connectivity index (χ1n) is 8.20. The van der Waals surface area contributed by atoms with E-state index in [4.69, 9.17) is 4.74 Å². The fraction of sp³-hybridized carbons (Fsp3) is 0.588. The number of nitrogens with zero attached hydrogens (tertiary/aromatic N) is 1. The van der Waals surface area contributed by atoms with E-state index in [2.05, 4.69) is 5.32 Å². The van der Waals surface area contributed by atoms with Gasteiger partial charge >= 0.3 is 0 Å². The molecule has 1 aromatic rings. The van der Waals surface area contributed by atoms with Gasteiger partial charge in [0.25, 0.3) is 0 Å². The highest BCUT2D eigenvalue weighted by Crippen LogP contribution is 2.19. The summed E-state index contributed by atoms with van der Waals surface area (Å²) in [6, 6.07) is 3.93. The molecule has 3 rings (SSSR count). The summed E-state index contributed by atoms with van der Waals surface area (Å²) >= 11 is 0. The maximum atomic E-state index is 13.8. The average molecular weight is 324 g/mol. The third kappa shape index (κ3) is 4.06. The number of ether oxygens (including phenoxy) is 1. The van der Waals surface area contributed by atoms with E-state index < -0.39 is 11.6 Å². The minimum Gasteiger partial charge on any atom is -0.368 e. The monoisotopic (exact) mass is 324 g/mol. The van der Waals surface area contributed by atoms with Crippen LogP contribution in [0.2, 0.25) is 0 Å². The van der Waals surface area contributed by atoms with Crippen molar-refractivity contribution < 1.29 is 18.3 Å². The zero-order chi connectivity index (χ0) is 16.2. The van der Waals surface area contributed by atoms with Gasteiger partial charge in [-0.2, -0.15) is 0 Å². The fourth-order valence-electron chi connectivity index (χ4n) is 3.30. The van der Waals surface area contributed by atoms with Crippen molar-refractivity contribution in [3.8, 4) is 0 Å². The zero-order valence-corrected chi connectivity index (χ0v) is 13.1. The Kier molecular flexibility index (Phi) is 5.23. The molecule has 6 heteroatoms. The molecule has 1 aromatic carbocycles. The van der Waals surface area contributed by atoms with Gasteiger partial charge in [0.15, 0.2) is 0 Å². The molecule has 1 amide bonds. The minimum atomic E-state index is -0.518. The van der Waals surface area contributed by atoms with Crippen LogP contribution >= 0.6 is 0 Å². The largest absolute Gasteiger partial charge is 0.368 e. The molecular weight excluding hydrogens is 302 g/mol. The van der Waals surface area contributed by atoms with Crippen molar-refractivity contribution in [3.05, 3.63) is 35.4 Å². The SMILES string of the molecule is O=C(NC1CCCN(Cc2c(F)cccc2F)C1)C1CCCO1. The standard InChI is InChI=1S/C17H22F2N2O2/c18-14-5-1-6-15(19)13(14)11-21-8-2-4-12(10-21)20-17(22)16-7-3-9-23-16/h1,5-6,12,16H,2-4,7-11H2,(H,20,22). The highest BCUT2D eigenvalue weighted by Gasteiger charge is 2.28. The summed E-state index contributed by atoms with van der Waals surface area (Å²) in [7, 11) is 0. The van der Waals surface area contributed by atoms with Gasteiger partial charge in [-0.3, -0.25) is 9.69 Å². The molecule has 2 saturated heterocycles. The molecule has 2 aliphatic heterocycles. The minimum absolute atomic E-state index is 0.00952. The van der Waals surface area contributed by atoms with E-state index >= 15 is 0 Å². The number of hydrogen-bond donors (Lipinski definition) is 1. The Balaban J connectivity index is 1.56. The molecule has 23 heavy (non-hydrogen) atoms. The first kappa shape index (κ1) is 16.3. The van der Waals surface area contributed by atoms with Crippen LogP contribution in [0.4, 0.5) is 8.78 Å². The molecule has 0 radical (unpaired) electrons. The second-order valence-electron chi connectivity index (χ2n) is 6.28. The molecule has 2 aliphatic rings. The maximum absolute atomic E-state index is 13.8. The average Bonchev–Trinajstić information content (AvgIpc) is 3.06. The van der Waals surface area contributed by atoms with E-state index in [1.54, 1.807) is 0 Å². The second kappa shape index (κ2) is 7.36. The number of benzene rings is 1. The molecule has 0 aliphatic carbocycles. The quantitative estimate of drug-likeness (QED) is 0.923. The van der Waals surface area contributed by atoms with E-state index in [9.17, 15) is 13.6 Å². The normalized spacial score (nSPS) is 25.5. The second-order valence-corrected chi connectivity index (χ2v) is 6.28. The number of amides is 1. The van der Waals surface area contributed by atoms with Crippen molar-refractivity contribution in [1.82, 2.24) is 10.2 Å². The number of carbonyl (C=O) groups is 1. The van der Waals surface area contributed by atoms with Crippen LogP contribution in [0.3, 0.4) is 0 Å². The lowest BCUT2D eigenvalue weighted by atomic mass is 10.0. The van der Waals surface area contributed by atoms with E-state index in [1.807, 2.05) is 4.90 Å². The summed E-state index contributed by atoms with van der Waals surface area (Å²) < 4.78 is 32.9. The number of likely N-dealkylation sites (tertiary alicyclic amines) is 1. The summed E-state index contributed by atoms with van der Waals surface area (Å²) in [6.07, 6.45) is 3.13. The predicted molar refractivity (Wildman–Crippen MR) is 81.8 cm³/mol. The highest BCUT2D eigenvalue weighted by atomic mass is 19.1. The van der Waals surface area contributed by atoms with Crippen molar-refractivity contribution in [3.63, 3.8) is 0 Å². The third-order valence-electron chi connectivity index (χ3n) is 4.52. The molecule has 2 heterocycles. The summed E-state index contributed by atoms with van der Waals surface area (Å²) in [5, 5.41) is 3.01. The summed E-state index contributed by atoms with van der Waals surface area (Å²) in [5.74, 6) is -1.10. The lowest BCUT2D eigenvalue weighted by Crippen LogP contribution is -2.49. The summed E-state index contributed by atoms with van der Waals surface area (Å²) in [5.41, 5.74) is 0.0959. The number of rotatable bonds is 4. The van der Waals surface area contributed by atoms with Crippen LogP contribution in [0.15, 0.2) is 18.2 Å². The number of nitrogens with one attached hydrogen (secondary N) is 1. The van der Waals surface area contributed by atoms with Gasteiger partial charge in [-0.05, 0) is 44.4 Å².